The molecule has 0 aliphatic carbocycles. The summed E-state index contributed by atoms with van der Waals surface area (Å²) in [4.78, 5) is 5.98. The second kappa shape index (κ2) is 4.64. The average molecular weight is 193 g/mol. The van der Waals surface area contributed by atoms with Gasteiger partial charge >= 0.3 is 6.18 Å². The summed E-state index contributed by atoms with van der Waals surface area (Å²) in [5.41, 5.74) is 5.19. The molecule has 0 bridgehead atoms. The van der Waals surface area contributed by atoms with Crippen LogP contribution in [0.25, 0.3) is 0 Å². The summed E-state index contributed by atoms with van der Waals surface area (Å²) in [5.74, 6) is -1.17. The molecule has 3 nitrogen and oxygen atoms in total. The third kappa shape index (κ3) is 3.73. The fourth-order valence-corrected chi connectivity index (χ4v) is 0.484. The molecule has 0 aliphatic rings. The molecule has 0 saturated carbocycles. The zero-order chi connectivity index (χ0) is 10.5. The van der Waals surface area contributed by atoms with Crippen LogP contribution in [0.1, 0.15) is 19.7 Å². The number of anilines is 1. The molecule has 0 fully saturated rings. The third-order valence-corrected chi connectivity index (χ3v) is 0.925. The van der Waals surface area contributed by atoms with Crippen LogP contribution in [-0.2, 0) is 6.18 Å². The van der Waals surface area contributed by atoms with Gasteiger partial charge in [-0.1, -0.05) is 13.8 Å². The van der Waals surface area contributed by atoms with Crippen LogP contribution >= 0.6 is 0 Å². The molecule has 0 saturated heterocycles. The van der Waals surface area contributed by atoms with Crippen LogP contribution < -0.4 is 5.73 Å². The number of halogens is 3. The van der Waals surface area contributed by atoms with Gasteiger partial charge in [0.25, 0.3) is 0 Å². The molecule has 0 spiro atoms. The molecule has 0 aromatic carbocycles. The minimum atomic E-state index is -4.49. The summed E-state index contributed by atoms with van der Waals surface area (Å²) in [6.07, 6.45) is -2.67. The van der Waals surface area contributed by atoms with Gasteiger partial charge in [-0.25, -0.2) is 9.97 Å². The van der Waals surface area contributed by atoms with E-state index in [1.165, 1.54) is 0 Å². The van der Waals surface area contributed by atoms with Crippen molar-refractivity contribution in [1.29, 1.82) is 0 Å². The van der Waals surface area contributed by atoms with Crippen molar-refractivity contribution < 1.29 is 13.2 Å². The molecule has 0 unspecified atom stereocenters. The molecule has 2 N–H and O–H groups in total. The van der Waals surface area contributed by atoms with E-state index in [9.17, 15) is 13.2 Å². The second-order valence-corrected chi connectivity index (χ2v) is 1.84. The van der Waals surface area contributed by atoms with Crippen LogP contribution in [0.15, 0.2) is 12.4 Å². The lowest BCUT2D eigenvalue weighted by molar-refractivity contribution is -0.144. The van der Waals surface area contributed by atoms with Gasteiger partial charge in [-0.3, -0.25) is 0 Å². The van der Waals surface area contributed by atoms with E-state index in [-0.39, 0.29) is 5.69 Å². The highest BCUT2D eigenvalue weighted by atomic mass is 19.4. The van der Waals surface area contributed by atoms with E-state index in [1.807, 2.05) is 13.8 Å². The number of nitrogen functional groups attached to an aromatic ring is 1. The van der Waals surface area contributed by atoms with Gasteiger partial charge in [0.1, 0.15) is 0 Å². The Balaban J connectivity index is 0.000000671. The molecule has 6 heteroatoms. The Bertz CT molecular complexity index is 242. The van der Waals surface area contributed by atoms with Gasteiger partial charge in [0.2, 0.25) is 5.82 Å². The van der Waals surface area contributed by atoms with Crippen molar-refractivity contribution in [2.75, 3.05) is 5.73 Å². The molecule has 1 aromatic rings. The van der Waals surface area contributed by atoms with Gasteiger partial charge < -0.3 is 5.73 Å². The molecule has 0 radical (unpaired) electrons. The van der Waals surface area contributed by atoms with Crippen LogP contribution in [0.5, 0.6) is 0 Å². The maximum atomic E-state index is 11.8. The predicted octanol–water partition coefficient (Wildman–Crippen LogP) is 2.10. The minimum Gasteiger partial charge on any atom is -0.396 e. The predicted molar refractivity (Wildman–Crippen MR) is 42.8 cm³/mol. The maximum Gasteiger partial charge on any atom is 0.451 e. The summed E-state index contributed by atoms with van der Waals surface area (Å²) in [5, 5.41) is 0. The Morgan fingerprint density at radius 2 is 1.54 bits per heavy atom. The van der Waals surface area contributed by atoms with Gasteiger partial charge in [0.05, 0.1) is 18.1 Å². The quantitative estimate of drug-likeness (QED) is 0.686. The Morgan fingerprint density at radius 3 is 1.85 bits per heavy atom. The maximum absolute atomic E-state index is 11.8. The standard InChI is InChI=1S/C5H4F3N3.C2H6/c6-5(7,8)4-10-1-3(9)2-11-4;1-2/h1-2H,9H2;1-2H3. The second-order valence-electron chi connectivity index (χ2n) is 1.84. The Labute approximate surface area is 73.8 Å². The summed E-state index contributed by atoms with van der Waals surface area (Å²) in [7, 11) is 0. The molecular formula is C7H10F3N3. The van der Waals surface area contributed by atoms with E-state index in [2.05, 4.69) is 9.97 Å². The minimum absolute atomic E-state index is 0.109. The number of aromatic nitrogens is 2. The number of nitrogens with two attached hydrogens (primary N) is 1. The highest BCUT2D eigenvalue weighted by molar-refractivity contribution is 5.30. The molecule has 1 rings (SSSR count). The highest BCUT2D eigenvalue weighted by Gasteiger charge is 2.34. The van der Waals surface area contributed by atoms with E-state index in [0.29, 0.717) is 0 Å². The number of hydrogen-bond donors (Lipinski definition) is 1. The van der Waals surface area contributed by atoms with E-state index < -0.39 is 12.0 Å². The van der Waals surface area contributed by atoms with Gasteiger partial charge in [-0.2, -0.15) is 13.2 Å². The topological polar surface area (TPSA) is 51.8 Å². The largest absolute Gasteiger partial charge is 0.451 e. The fraction of sp³-hybridized carbons (Fsp3) is 0.429. The zero-order valence-corrected chi connectivity index (χ0v) is 7.26. The average Bonchev–Trinajstić information content (AvgIpc) is 2.07. The van der Waals surface area contributed by atoms with Gasteiger partial charge in [0.15, 0.2) is 0 Å². The fourth-order valence-electron chi connectivity index (χ4n) is 0.484. The van der Waals surface area contributed by atoms with Crippen LogP contribution in [0.2, 0.25) is 0 Å². The van der Waals surface area contributed by atoms with Crippen molar-refractivity contribution in [1.82, 2.24) is 9.97 Å². The lowest BCUT2D eigenvalue weighted by atomic mass is 10.5. The summed E-state index contributed by atoms with van der Waals surface area (Å²) < 4.78 is 35.3. The van der Waals surface area contributed by atoms with Crippen LogP contribution in [0.4, 0.5) is 18.9 Å². The van der Waals surface area contributed by atoms with Gasteiger partial charge in [0, 0.05) is 0 Å². The van der Waals surface area contributed by atoms with Crippen LogP contribution in [0.3, 0.4) is 0 Å². The molecule has 0 atom stereocenters. The van der Waals surface area contributed by atoms with Crippen molar-refractivity contribution in [3.63, 3.8) is 0 Å². The molecule has 1 aromatic heterocycles. The molecule has 1 heterocycles. The van der Waals surface area contributed by atoms with Crippen LogP contribution in [-0.4, -0.2) is 9.97 Å². The first-order chi connectivity index (χ1) is 6.00. The van der Waals surface area contributed by atoms with Gasteiger partial charge in [-0.15, -0.1) is 0 Å². The summed E-state index contributed by atoms with van der Waals surface area (Å²) in [6.45, 7) is 4.00. The first kappa shape index (κ1) is 11.7. The molecule has 0 amide bonds. The molecular weight excluding hydrogens is 183 g/mol. The smallest absolute Gasteiger partial charge is 0.396 e. The Kier molecular flexibility index (Phi) is 4.16. The summed E-state index contributed by atoms with van der Waals surface area (Å²) >= 11 is 0. The molecule has 0 aliphatic heterocycles. The normalized spacial score (nSPS) is 10.2. The van der Waals surface area contributed by atoms with E-state index in [4.69, 9.17) is 5.73 Å². The van der Waals surface area contributed by atoms with Gasteiger partial charge in [-0.05, 0) is 0 Å². The molecule has 13 heavy (non-hydrogen) atoms. The van der Waals surface area contributed by atoms with E-state index >= 15 is 0 Å². The zero-order valence-electron chi connectivity index (χ0n) is 7.26. The first-order valence-electron chi connectivity index (χ1n) is 3.65. The van der Waals surface area contributed by atoms with Crippen molar-refractivity contribution in [3.8, 4) is 0 Å². The van der Waals surface area contributed by atoms with E-state index in [0.717, 1.165) is 12.4 Å². The Hall–Kier alpha value is -1.33. The number of nitrogens with zero attached hydrogens (tertiary/aromatic N) is 2. The van der Waals surface area contributed by atoms with E-state index in [1.54, 1.807) is 0 Å². The third-order valence-electron chi connectivity index (χ3n) is 0.925. The summed E-state index contributed by atoms with van der Waals surface area (Å²) in [6, 6.07) is 0. The lowest BCUT2D eigenvalue weighted by Crippen LogP contribution is -2.10. The molecule has 74 valence electrons. The van der Waals surface area contributed by atoms with Crippen molar-refractivity contribution in [2.45, 2.75) is 20.0 Å². The monoisotopic (exact) mass is 193 g/mol. The Morgan fingerprint density at radius 1 is 1.15 bits per heavy atom. The number of alkyl halides is 3. The lowest BCUT2D eigenvalue weighted by Gasteiger charge is -2.02. The number of hydrogen-bond acceptors (Lipinski definition) is 3. The SMILES string of the molecule is CC.Nc1cnc(C(F)(F)F)nc1. The number of rotatable bonds is 0. The van der Waals surface area contributed by atoms with Crippen molar-refractivity contribution >= 4 is 5.69 Å². The first-order valence-corrected chi connectivity index (χ1v) is 3.65. The van der Waals surface area contributed by atoms with Crippen LogP contribution in [0, 0.1) is 0 Å². The highest BCUT2D eigenvalue weighted by Crippen LogP contribution is 2.25. The van der Waals surface area contributed by atoms with Crippen molar-refractivity contribution in [3.05, 3.63) is 18.2 Å². The van der Waals surface area contributed by atoms with Crippen molar-refractivity contribution in [2.24, 2.45) is 0 Å².